The molecule has 2 N–H and O–H groups in total. The topological polar surface area (TPSA) is 103 Å². The number of esters is 1. The molecule has 0 unspecified atom stereocenters. The van der Waals surface area contributed by atoms with Gasteiger partial charge in [-0.05, 0) is 36.4 Å². The first kappa shape index (κ1) is 20.7. The van der Waals surface area contributed by atoms with Crippen molar-refractivity contribution in [2.24, 2.45) is 5.92 Å². The molecule has 0 bridgehead atoms. The van der Waals surface area contributed by atoms with E-state index in [1.54, 1.807) is 49.6 Å². The first-order valence-electron chi connectivity index (χ1n) is 9.10. The lowest BCUT2D eigenvalue weighted by Crippen LogP contribution is -2.47. The van der Waals surface area contributed by atoms with E-state index in [-0.39, 0.29) is 18.6 Å². The normalized spacial score (nSPS) is 14.2. The number of nitrogens with one attached hydrogen (secondary N) is 2. The van der Waals surface area contributed by atoms with Gasteiger partial charge in [0.15, 0.2) is 17.6 Å². The molecule has 2 aromatic rings. The van der Waals surface area contributed by atoms with E-state index in [2.05, 4.69) is 10.6 Å². The van der Waals surface area contributed by atoms with Gasteiger partial charge in [0.05, 0.1) is 4.88 Å². The SMILES string of the molecule is CC(C)[C@H](NC(=O)c1cccs1)C(=O)O[C@@H](C)C(=O)Nc1ccc2c(c1)OCO2. The predicted molar refractivity (Wildman–Crippen MR) is 107 cm³/mol. The molecule has 0 saturated carbocycles. The van der Waals surface area contributed by atoms with Gasteiger partial charge in [-0.15, -0.1) is 11.3 Å². The number of hydrogen-bond acceptors (Lipinski definition) is 7. The van der Waals surface area contributed by atoms with E-state index in [9.17, 15) is 14.4 Å². The highest BCUT2D eigenvalue weighted by atomic mass is 32.1. The average Bonchev–Trinajstić information content (AvgIpc) is 3.36. The number of ether oxygens (including phenoxy) is 3. The van der Waals surface area contributed by atoms with Crippen LogP contribution < -0.4 is 20.1 Å². The van der Waals surface area contributed by atoms with Crippen molar-refractivity contribution >= 4 is 34.8 Å². The Morgan fingerprint density at radius 1 is 1.10 bits per heavy atom. The molecule has 8 nitrogen and oxygen atoms in total. The molecule has 9 heteroatoms. The van der Waals surface area contributed by atoms with Crippen LogP contribution in [0.2, 0.25) is 0 Å². The third-order valence-electron chi connectivity index (χ3n) is 4.25. The molecule has 1 aliphatic rings. The molecular formula is C20H22N2O6S. The number of anilines is 1. The van der Waals surface area contributed by atoms with Gasteiger partial charge in [-0.1, -0.05) is 19.9 Å². The summed E-state index contributed by atoms with van der Waals surface area (Å²) in [5, 5.41) is 7.12. The summed E-state index contributed by atoms with van der Waals surface area (Å²) in [5.41, 5.74) is 0.494. The number of carbonyl (C=O) groups is 3. The fourth-order valence-electron chi connectivity index (χ4n) is 2.64. The lowest BCUT2D eigenvalue weighted by molar-refractivity contribution is -0.156. The lowest BCUT2D eigenvalue weighted by Gasteiger charge is -2.22. The molecule has 1 aromatic carbocycles. The standard InChI is InChI=1S/C20H22N2O6S/c1-11(2)17(22-19(24)16-5-4-8-29-16)20(25)28-12(3)18(23)21-13-6-7-14-15(9-13)27-10-26-14/h4-9,11-12,17H,10H2,1-3H3,(H,21,23)(H,22,24)/t12-,17-/m0/s1. The second kappa shape index (κ2) is 8.95. The van der Waals surface area contributed by atoms with Crippen LogP contribution in [-0.2, 0) is 14.3 Å². The highest BCUT2D eigenvalue weighted by molar-refractivity contribution is 7.12. The zero-order chi connectivity index (χ0) is 21.0. The Labute approximate surface area is 172 Å². The van der Waals surface area contributed by atoms with Crippen molar-refractivity contribution in [2.45, 2.75) is 32.9 Å². The summed E-state index contributed by atoms with van der Waals surface area (Å²) in [4.78, 5) is 37.7. The number of carbonyl (C=O) groups excluding carboxylic acids is 3. The Morgan fingerprint density at radius 3 is 2.55 bits per heavy atom. The van der Waals surface area contributed by atoms with Gasteiger partial charge in [0.25, 0.3) is 11.8 Å². The molecule has 0 fully saturated rings. The molecule has 1 aromatic heterocycles. The van der Waals surface area contributed by atoms with E-state index in [0.717, 1.165) is 0 Å². The molecule has 0 aliphatic carbocycles. The van der Waals surface area contributed by atoms with E-state index in [4.69, 9.17) is 14.2 Å². The Hall–Kier alpha value is -3.07. The second-order valence-corrected chi connectivity index (χ2v) is 7.76. The maximum atomic E-state index is 12.6. The van der Waals surface area contributed by atoms with Crippen LogP contribution in [0, 0.1) is 5.92 Å². The Balaban J connectivity index is 1.58. The summed E-state index contributed by atoms with van der Waals surface area (Å²) < 4.78 is 15.8. The second-order valence-electron chi connectivity index (χ2n) is 6.81. The van der Waals surface area contributed by atoms with Crippen molar-refractivity contribution in [1.29, 1.82) is 0 Å². The smallest absolute Gasteiger partial charge is 0.329 e. The number of fused-ring (bicyclic) bond motifs is 1. The fraction of sp³-hybridized carbons (Fsp3) is 0.350. The van der Waals surface area contributed by atoms with Gasteiger partial charge in [-0.3, -0.25) is 9.59 Å². The minimum Gasteiger partial charge on any atom is -0.454 e. The lowest BCUT2D eigenvalue weighted by atomic mass is 10.0. The largest absolute Gasteiger partial charge is 0.454 e. The molecule has 0 spiro atoms. The molecule has 2 amide bonds. The molecule has 154 valence electrons. The monoisotopic (exact) mass is 418 g/mol. The molecule has 3 rings (SSSR count). The zero-order valence-electron chi connectivity index (χ0n) is 16.3. The number of rotatable bonds is 7. The van der Waals surface area contributed by atoms with Gasteiger partial charge in [-0.2, -0.15) is 0 Å². The molecule has 0 radical (unpaired) electrons. The zero-order valence-corrected chi connectivity index (χ0v) is 17.1. The highest BCUT2D eigenvalue weighted by Crippen LogP contribution is 2.34. The molecular weight excluding hydrogens is 396 g/mol. The van der Waals surface area contributed by atoms with E-state index in [0.29, 0.717) is 22.1 Å². The summed E-state index contributed by atoms with van der Waals surface area (Å²) in [5.74, 6) is -0.599. The minimum atomic E-state index is -1.05. The van der Waals surface area contributed by atoms with Crippen LogP contribution in [0.3, 0.4) is 0 Å². The van der Waals surface area contributed by atoms with E-state index in [1.165, 1.54) is 18.3 Å². The highest BCUT2D eigenvalue weighted by Gasteiger charge is 2.29. The quantitative estimate of drug-likeness (QED) is 0.671. The molecule has 2 atom stereocenters. The van der Waals surface area contributed by atoms with Crippen molar-refractivity contribution in [3.8, 4) is 11.5 Å². The maximum Gasteiger partial charge on any atom is 0.329 e. The summed E-state index contributed by atoms with van der Waals surface area (Å²) in [6, 6.07) is 7.54. The van der Waals surface area contributed by atoms with Crippen molar-refractivity contribution in [1.82, 2.24) is 5.32 Å². The first-order chi connectivity index (χ1) is 13.8. The Morgan fingerprint density at radius 2 is 1.86 bits per heavy atom. The molecule has 0 saturated heterocycles. The van der Waals surface area contributed by atoms with Crippen molar-refractivity contribution in [3.63, 3.8) is 0 Å². The first-order valence-corrected chi connectivity index (χ1v) is 9.98. The van der Waals surface area contributed by atoms with Crippen LogP contribution in [0.15, 0.2) is 35.7 Å². The van der Waals surface area contributed by atoms with Crippen LogP contribution in [0.4, 0.5) is 5.69 Å². The van der Waals surface area contributed by atoms with Gasteiger partial charge in [0.2, 0.25) is 6.79 Å². The van der Waals surface area contributed by atoms with Crippen LogP contribution in [0.1, 0.15) is 30.4 Å². The Kier molecular flexibility index (Phi) is 6.38. The van der Waals surface area contributed by atoms with Gasteiger partial charge in [-0.25, -0.2) is 4.79 Å². The summed E-state index contributed by atoms with van der Waals surface area (Å²) in [7, 11) is 0. The molecule has 2 heterocycles. The molecule has 29 heavy (non-hydrogen) atoms. The van der Waals surface area contributed by atoms with Gasteiger partial charge in [0.1, 0.15) is 6.04 Å². The van der Waals surface area contributed by atoms with E-state index < -0.39 is 24.0 Å². The van der Waals surface area contributed by atoms with Crippen LogP contribution in [0.25, 0.3) is 0 Å². The Bertz CT molecular complexity index is 896. The minimum absolute atomic E-state index is 0.133. The average molecular weight is 418 g/mol. The third kappa shape index (κ3) is 5.05. The summed E-state index contributed by atoms with van der Waals surface area (Å²) in [6.07, 6.45) is -1.05. The fourth-order valence-corrected chi connectivity index (χ4v) is 3.26. The molecule has 1 aliphatic heterocycles. The summed E-state index contributed by atoms with van der Waals surface area (Å²) in [6.45, 7) is 5.18. The van der Waals surface area contributed by atoms with Crippen molar-refractivity contribution < 1.29 is 28.6 Å². The number of amides is 2. The number of thiophene rings is 1. The van der Waals surface area contributed by atoms with Gasteiger partial charge in [0, 0.05) is 11.8 Å². The summed E-state index contributed by atoms with van der Waals surface area (Å²) >= 11 is 1.28. The van der Waals surface area contributed by atoms with Crippen LogP contribution in [0.5, 0.6) is 11.5 Å². The number of benzene rings is 1. The van der Waals surface area contributed by atoms with Crippen molar-refractivity contribution in [2.75, 3.05) is 12.1 Å². The van der Waals surface area contributed by atoms with Crippen LogP contribution in [-0.4, -0.2) is 36.7 Å². The predicted octanol–water partition coefficient (Wildman–Crippen LogP) is 2.80. The third-order valence-corrected chi connectivity index (χ3v) is 5.12. The van der Waals surface area contributed by atoms with E-state index >= 15 is 0 Å². The van der Waals surface area contributed by atoms with Gasteiger partial charge >= 0.3 is 5.97 Å². The van der Waals surface area contributed by atoms with E-state index in [1.807, 2.05) is 0 Å². The number of hydrogen-bond donors (Lipinski definition) is 2. The maximum absolute atomic E-state index is 12.6. The van der Waals surface area contributed by atoms with Crippen LogP contribution >= 0.6 is 11.3 Å². The van der Waals surface area contributed by atoms with Gasteiger partial charge < -0.3 is 24.8 Å². The van der Waals surface area contributed by atoms with Crippen molar-refractivity contribution in [3.05, 3.63) is 40.6 Å².